The molecule has 4 N–H and O–H groups in total. The monoisotopic (exact) mass is 242 g/mol. The normalized spacial score (nSPS) is 13.8. The topological polar surface area (TPSA) is 115 Å². The van der Waals surface area contributed by atoms with Crippen LogP contribution in [0.1, 0.15) is 0 Å². The molecule has 9 heteroatoms. The minimum absolute atomic E-state index is 1.92. The van der Waals surface area contributed by atoms with Crippen molar-refractivity contribution in [3.63, 3.8) is 0 Å². The SMILES string of the molecule is O=P(O)(O)[Se]P(=O)(O)O. The van der Waals surface area contributed by atoms with E-state index in [9.17, 15) is 9.13 Å². The van der Waals surface area contributed by atoms with Crippen LogP contribution in [-0.4, -0.2) is 33.6 Å². The zero-order valence-corrected chi connectivity index (χ0v) is 7.41. The van der Waals surface area contributed by atoms with E-state index in [0.29, 0.717) is 0 Å². The van der Waals surface area contributed by atoms with Crippen LogP contribution >= 0.6 is 12.6 Å². The molecule has 0 amide bonds. The summed E-state index contributed by atoms with van der Waals surface area (Å²) < 4.78 is 19.8. The second kappa shape index (κ2) is 2.82. The molecule has 0 heterocycles. The van der Waals surface area contributed by atoms with Gasteiger partial charge in [0.25, 0.3) is 0 Å². The molecule has 0 unspecified atom stereocenters. The van der Waals surface area contributed by atoms with Gasteiger partial charge < -0.3 is 0 Å². The predicted molar refractivity (Wildman–Crippen MR) is 29.8 cm³/mol. The summed E-state index contributed by atoms with van der Waals surface area (Å²) in [6, 6.07) is 0. The van der Waals surface area contributed by atoms with Gasteiger partial charge in [0.1, 0.15) is 0 Å². The van der Waals surface area contributed by atoms with Crippen molar-refractivity contribution in [3.8, 4) is 0 Å². The molecular formula is H4O6P2Se. The van der Waals surface area contributed by atoms with E-state index in [1.165, 1.54) is 0 Å². The second-order valence-corrected chi connectivity index (χ2v) is 12.7. The van der Waals surface area contributed by atoms with E-state index in [0.717, 1.165) is 0 Å². The van der Waals surface area contributed by atoms with E-state index in [-0.39, 0.29) is 0 Å². The van der Waals surface area contributed by atoms with E-state index in [2.05, 4.69) is 0 Å². The van der Waals surface area contributed by atoms with E-state index in [4.69, 9.17) is 19.6 Å². The van der Waals surface area contributed by atoms with Crippen molar-refractivity contribution in [3.05, 3.63) is 0 Å². The van der Waals surface area contributed by atoms with E-state index in [1.807, 2.05) is 0 Å². The van der Waals surface area contributed by atoms with Crippen molar-refractivity contribution < 1.29 is 28.7 Å². The van der Waals surface area contributed by atoms with Crippen LogP contribution < -0.4 is 0 Å². The Labute approximate surface area is 56.0 Å². The molecular weight excluding hydrogens is 237 g/mol. The van der Waals surface area contributed by atoms with Gasteiger partial charge >= 0.3 is 55.3 Å². The number of hydrogen-bond donors (Lipinski definition) is 4. The third-order valence-electron chi connectivity index (χ3n) is 0.213. The molecule has 0 saturated carbocycles. The molecule has 0 aromatic carbocycles. The molecule has 0 rings (SSSR count). The van der Waals surface area contributed by atoms with Crippen LogP contribution in [0.25, 0.3) is 0 Å². The molecule has 0 fully saturated rings. The molecule has 0 atom stereocenters. The molecule has 56 valence electrons. The first-order valence-corrected chi connectivity index (χ1v) is 9.19. The van der Waals surface area contributed by atoms with E-state index in [1.54, 1.807) is 0 Å². The first-order chi connectivity index (χ1) is 3.71. The van der Waals surface area contributed by atoms with Gasteiger partial charge in [-0.2, -0.15) is 0 Å². The maximum absolute atomic E-state index is 9.88. The molecule has 0 aliphatic carbocycles. The Bertz CT molecular complexity index is 151. The number of rotatable bonds is 2. The molecule has 0 bridgehead atoms. The van der Waals surface area contributed by atoms with Gasteiger partial charge in [0, 0.05) is 0 Å². The van der Waals surface area contributed by atoms with Gasteiger partial charge in [-0.1, -0.05) is 0 Å². The van der Waals surface area contributed by atoms with Crippen molar-refractivity contribution in [1.82, 2.24) is 0 Å². The van der Waals surface area contributed by atoms with Gasteiger partial charge in [-0.05, 0) is 0 Å². The Morgan fingerprint density at radius 1 is 0.889 bits per heavy atom. The summed E-state index contributed by atoms with van der Waals surface area (Å²) in [6.45, 7) is 0. The first-order valence-electron chi connectivity index (χ1n) is 1.53. The Morgan fingerprint density at radius 3 is 1.11 bits per heavy atom. The van der Waals surface area contributed by atoms with Gasteiger partial charge in [-0.3, -0.25) is 0 Å². The minimum atomic E-state index is -4.49. The zero-order valence-electron chi connectivity index (χ0n) is 3.91. The molecule has 0 aliphatic heterocycles. The van der Waals surface area contributed by atoms with Crippen LogP contribution in [0.2, 0.25) is 0 Å². The molecule has 0 spiro atoms. The van der Waals surface area contributed by atoms with Crippen LogP contribution in [0.5, 0.6) is 0 Å². The van der Waals surface area contributed by atoms with Crippen molar-refractivity contribution in [1.29, 1.82) is 0 Å². The van der Waals surface area contributed by atoms with Crippen LogP contribution in [-0.2, 0) is 9.13 Å². The van der Waals surface area contributed by atoms with Crippen molar-refractivity contribution in [2.75, 3.05) is 0 Å². The average Bonchev–Trinajstić information content (AvgIpc) is 1.14. The van der Waals surface area contributed by atoms with Crippen LogP contribution in [0, 0.1) is 0 Å². The summed E-state index contributed by atoms with van der Waals surface area (Å²) >= 11 is -1.92. The van der Waals surface area contributed by atoms with E-state index < -0.39 is 26.6 Å². The summed E-state index contributed by atoms with van der Waals surface area (Å²) in [7, 11) is 0. The third-order valence-corrected chi connectivity index (χ3v) is 9.95. The van der Waals surface area contributed by atoms with Gasteiger partial charge in [-0.15, -0.1) is 0 Å². The Kier molecular flexibility index (Phi) is 3.08. The third kappa shape index (κ3) is 8.82. The standard InChI is InChI=1S/H4O6P2Se/c1-7(2,3)9-8(4,5)6/h(H2,1,2,3)(H2,4,5,6). The first kappa shape index (κ1) is 9.82. The predicted octanol–water partition coefficient (Wildman–Crippen LogP) is -1.12. The summed E-state index contributed by atoms with van der Waals surface area (Å²) in [4.78, 5) is 32.0. The summed E-state index contributed by atoms with van der Waals surface area (Å²) in [5.41, 5.74) is 0. The molecule has 0 aromatic heterocycles. The van der Waals surface area contributed by atoms with Crippen LogP contribution in [0.15, 0.2) is 0 Å². The zero-order chi connectivity index (χ0) is 7.71. The Hall–Kier alpha value is 0.819. The fraction of sp³-hybridized carbons (Fsp3) is 0. The van der Waals surface area contributed by atoms with Gasteiger partial charge in [-0.25, -0.2) is 0 Å². The quantitative estimate of drug-likeness (QED) is 0.359. The van der Waals surface area contributed by atoms with Crippen molar-refractivity contribution >= 4 is 26.6 Å². The van der Waals surface area contributed by atoms with Gasteiger partial charge in [0.05, 0.1) is 0 Å². The molecule has 0 aliphatic rings. The summed E-state index contributed by atoms with van der Waals surface area (Å²) in [5.74, 6) is 0. The molecule has 9 heavy (non-hydrogen) atoms. The molecule has 0 saturated heterocycles. The fourth-order valence-corrected chi connectivity index (χ4v) is 6.48. The Morgan fingerprint density at radius 2 is 1.11 bits per heavy atom. The molecule has 6 nitrogen and oxygen atoms in total. The van der Waals surface area contributed by atoms with Crippen LogP contribution in [0.4, 0.5) is 0 Å². The molecule has 0 radical (unpaired) electrons. The second-order valence-electron chi connectivity index (χ2n) is 1.06. The van der Waals surface area contributed by atoms with Crippen LogP contribution in [0.3, 0.4) is 0 Å². The number of hydrogen-bond acceptors (Lipinski definition) is 2. The fourth-order valence-electron chi connectivity index (χ4n) is 0.139. The van der Waals surface area contributed by atoms with Crippen molar-refractivity contribution in [2.24, 2.45) is 0 Å². The van der Waals surface area contributed by atoms with Crippen molar-refractivity contribution in [2.45, 2.75) is 0 Å². The Balaban J connectivity index is 4.07. The average molecular weight is 241 g/mol. The van der Waals surface area contributed by atoms with Gasteiger partial charge in [0.2, 0.25) is 0 Å². The summed E-state index contributed by atoms with van der Waals surface area (Å²) in [5, 5.41) is 0. The van der Waals surface area contributed by atoms with E-state index >= 15 is 0 Å². The van der Waals surface area contributed by atoms with Gasteiger partial charge in [0.15, 0.2) is 0 Å². The maximum atomic E-state index is 9.88. The summed E-state index contributed by atoms with van der Waals surface area (Å²) in [6.07, 6.45) is -8.98. The molecule has 0 aromatic rings.